The smallest absolute Gasteiger partial charge is 0.0682 e. The van der Waals surface area contributed by atoms with Crippen molar-refractivity contribution < 1.29 is 9.84 Å². The van der Waals surface area contributed by atoms with Gasteiger partial charge in [-0.1, -0.05) is 6.07 Å². The summed E-state index contributed by atoms with van der Waals surface area (Å²) in [6, 6.07) is 8.10. The Labute approximate surface area is 95.3 Å². The lowest BCUT2D eigenvalue weighted by Crippen LogP contribution is -2.04. The van der Waals surface area contributed by atoms with Crippen molar-refractivity contribution in [1.82, 2.24) is 4.57 Å². The standard InChI is InChI=1S/C13H17NO2/c1-2-16-8-7-14-6-5-12-9-11(10-15)3-4-13(12)14/h3-6,9,15H,2,7-8,10H2,1H3. The molecule has 0 radical (unpaired) electrons. The summed E-state index contributed by atoms with van der Waals surface area (Å²) in [5.74, 6) is 0. The van der Waals surface area contributed by atoms with Gasteiger partial charge in [-0.3, -0.25) is 0 Å². The number of fused-ring (bicyclic) bond motifs is 1. The summed E-state index contributed by atoms with van der Waals surface area (Å²) in [4.78, 5) is 0. The zero-order valence-corrected chi connectivity index (χ0v) is 9.52. The van der Waals surface area contributed by atoms with E-state index in [-0.39, 0.29) is 6.61 Å². The maximum Gasteiger partial charge on any atom is 0.0682 e. The van der Waals surface area contributed by atoms with Gasteiger partial charge < -0.3 is 14.4 Å². The van der Waals surface area contributed by atoms with Crippen LogP contribution < -0.4 is 0 Å². The fourth-order valence-corrected chi connectivity index (χ4v) is 1.85. The molecule has 1 heterocycles. The van der Waals surface area contributed by atoms with E-state index < -0.39 is 0 Å². The van der Waals surface area contributed by atoms with E-state index in [4.69, 9.17) is 9.84 Å². The van der Waals surface area contributed by atoms with Gasteiger partial charge in [-0.15, -0.1) is 0 Å². The fraction of sp³-hybridized carbons (Fsp3) is 0.385. The van der Waals surface area contributed by atoms with Crippen molar-refractivity contribution in [2.45, 2.75) is 20.1 Å². The highest BCUT2D eigenvalue weighted by Gasteiger charge is 2.01. The molecule has 0 saturated heterocycles. The van der Waals surface area contributed by atoms with Gasteiger partial charge in [-0.25, -0.2) is 0 Å². The Morgan fingerprint density at radius 1 is 1.31 bits per heavy atom. The summed E-state index contributed by atoms with van der Waals surface area (Å²) in [5, 5.41) is 10.2. The quantitative estimate of drug-likeness (QED) is 0.782. The molecular weight excluding hydrogens is 202 g/mol. The molecule has 0 atom stereocenters. The minimum absolute atomic E-state index is 0.0973. The lowest BCUT2D eigenvalue weighted by atomic mass is 10.2. The van der Waals surface area contributed by atoms with Crippen LogP contribution >= 0.6 is 0 Å². The Hall–Kier alpha value is -1.32. The summed E-state index contributed by atoms with van der Waals surface area (Å²) in [5.41, 5.74) is 2.15. The maximum absolute atomic E-state index is 9.05. The van der Waals surface area contributed by atoms with E-state index >= 15 is 0 Å². The van der Waals surface area contributed by atoms with Gasteiger partial charge in [0.15, 0.2) is 0 Å². The van der Waals surface area contributed by atoms with Crippen molar-refractivity contribution in [3.05, 3.63) is 36.0 Å². The zero-order valence-electron chi connectivity index (χ0n) is 9.52. The van der Waals surface area contributed by atoms with Crippen molar-refractivity contribution in [3.8, 4) is 0 Å². The van der Waals surface area contributed by atoms with Crippen LogP contribution in [-0.2, 0) is 17.9 Å². The molecule has 0 spiro atoms. The average molecular weight is 219 g/mol. The Morgan fingerprint density at radius 3 is 2.94 bits per heavy atom. The van der Waals surface area contributed by atoms with Crippen LogP contribution in [0.4, 0.5) is 0 Å². The molecule has 2 aromatic rings. The molecule has 0 saturated carbocycles. The number of benzene rings is 1. The van der Waals surface area contributed by atoms with Gasteiger partial charge in [0.1, 0.15) is 0 Å². The number of nitrogens with zero attached hydrogens (tertiary/aromatic N) is 1. The van der Waals surface area contributed by atoms with Gasteiger partial charge in [0.2, 0.25) is 0 Å². The van der Waals surface area contributed by atoms with Gasteiger partial charge in [0, 0.05) is 24.9 Å². The third-order valence-corrected chi connectivity index (χ3v) is 2.70. The molecule has 2 rings (SSSR count). The van der Waals surface area contributed by atoms with E-state index in [0.29, 0.717) is 0 Å². The summed E-state index contributed by atoms with van der Waals surface area (Å²) >= 11 is 0. The molecule has 0 unspecified atom stereocenters. The molecule has 0 bridgehead atoms. The Balaban J connectivity index is 2.20. The number of rotatable bonds is 5. The summed E-state index contributed by atoms with van der Waals surface area (Å²) in [6.45, 7) is 4.47. The molecule has 0 fully saturated rings. The minimum Gasteiger partial charge on any atom is -0.392 e. The number of aliphatic hydroxyl groups excluding tert-OH is 1. The molecular formula is C13H17NO2. The molecule has 1 aromatic heterocycles. The first kappa shape index (κ1) is 11.2. The van der Waals surface area contributed by atoms with Crippen molar-refractivity contribution in [1.29, 1.82) is 0 Å². The normalized spacial score (nSPS) is 11.1. The second-order valence-corrected chi connectivity index (χ2v) is 3.76. The van der Waals surface area contributed by atoms with Crippen LogP contribution in [0.25, 0.3) is 10.9 Å². The summed E-state index contributed by atoms with van der Waals surface area (Å²) in [7, 11) is 0. The van der Waals surface area contributed by atoms with Gasteiger partial charge >= 0.3 is 0 Å². The number of hydrogen-bond acceptors (Lipinski definition) is 2. The molecule has 16 heavy (non-hydrogen) atoms. The van der Waals surface area contributed by atoms with Crippen molar-refractivity contribution in [2.24, 2.45) is 0 Å². The van der Waals surface area contributed by atoms with Gasteiger partial charge in [-0.2, -0.15) is 0 Å². The minimum atomic E-state index is 0.0973. The first-order chi connectivity index (χ1) is 7.85. The topological polar surface area (TPSA) is 34.4 Å². The SMILES string of the molecule is CCOCCn1ccc2cc(CO)ccc21. The second-order valence-electron chi connectivity index (χ2n) is 3.76. The Kier molecular flexibility index (Phi) is 3.59. The molecule has 3 nitrogen and oxygen atoms in total. The Morgan fingerprint density at radius 2 is 2.19 bits per heavy atom. The lowest BCUT2D eigenvalue weighted by molar-refractivity contribution is 0.140. The molecule has 86 valence electrons. The van der Waals surface area contributed by atoms with E-state index in [9.17, 15) is 0 Å². The van der Waals surface area contributed by atoms with Crippen LogP contribution in [0.2, 0.25) is 0 Å². The number of aromatic nitrogens is 1. The monoisotopic (exact) mass is 219 g/mol. The number of hydrogen-bond donors (Lipinski definition) is 1. The van der Waals surface area contributed by atoms with E-state index in [2.05, 4.69) is 16.8 Å². The molecule has 1 aromatic carbocycles. The molecule has 0 aliphatic rings. The van der Waals surface area contributed by atoms with Crippen molar-refractivity contribution >= 4 is 10.9 Å². The zero-order chi connectivity index (χ0) is 11.4. The molecule has 0 aliphatic carbocycles. The number of aliphatic hydroxyl groups is 1. The highest BCUT2D eigenvalue weighted by atomic mass is 16.5. The predicted molar refractivity (Wildman–Crippen MR) is 64.4 cm³/mol. The van der Waals surface area contributed by atoms with Crippen molar-refractivity contribution in [2.75, 3.05) is 13.2 Å². The summed E-state index contributed by atoms with van der Waals surface area (Å²) in [6.07, 6.45) is 2.06. The van der Waals surface area contributed by atoms with E-state index in [0.717, 1.165) is 25.3 Å². The summed E-state index contributed by atoms with van der Waals surface area (Å²) < 4.78 is 7.51. The maximum atomic E-state index is 9.05. The fourth-order valence-electron chi connectivity index (χ4n) is 1.85. The highest BCUT2D eigenvalue weighted by molar-refractivity contribution is 5.80. The van der Waals surface area contributed by atoms with Crippen molar-refractivity contribution in [3.63, 3.8) is 0 Å². The van der Waals surface area contributed by atoms with Crippen LogP contribution in [0.5, 0.6) is 0 Å². The third kappa shape index (κ3) is 2.26. The highest BCUT2D eigenvalue weighted by Crippen LogP contribution is 2.17. The second kappa shape index (κ2) is 5.14. The number of ether oxygens (including phenoxy) is 1. The lowest BCUT2D eigenvalue weighted by Gasteiger charge is -2.05. The molecule has 0 amide bonds. The van der Waals surface area contributed by atoms with Crippen LogP contribution in [-0.4, -0.2) is 22.9 Å². The predicted octanol–water partition coefficient (Wildman–Crippen LogP) is 2.17. The van der Waals surface area contributed by atoms with Crippen LogP contribution in [0.15, 0.2) is 30.5 Å². The van der Waals surface area contributed by atoms with E-state index in [1.807, 2.05) is 25.1 Å². The van der Waals surface area contributed by atoms with Gasteiger partial charge in [0.05, 0.1) is 13.2 Å². The van der Waals surface area contributed by atoms with E-state index in [1.54, 1.807) is 0 Å². The van der Waals surface area contributed by atoms with Gasteiger partial charge in [0.25, 0.3) is 0 Å². The van der Waals surface area contributed by atoms with Crippen LogP contribution in [0.3, 0.4) is 0 Å². The first-order valence-corrected chi connectivity index (χ1v) is 5.61. The first-order valence-electron chi connectivity index (χ1n) is 5.61. The third-order valence-electron chi connectivity index (χ3n) is 2.70. The van der Waals surface area contributed by atoms with Crippen LogP contribution in [0.1, 0.15) is 12.5 Å². The molecule has 0 aliphatic heterocycles. The average Bonchev–Trinajstić information content (AvgIpc) is 2.72. The largest absolute Gasteiger partial charge is 0.392 e. The Bertz CT molecular complexity index is 462. The molecule has 3 heteroatoms. The van der Waals surface area contributed by atoms with E-state index in [1.165, 1.54) is 10.9 Å². The van der Waals surface area contributed by atoms with Crippen LogP contribution in [0, 0.1) is 0 Å². The van der Waals surface area contributed by atoms with Gasteiger partial charge in [-0.05, 0) is 36.1 Å². The molecule has 1 N–H and O–H groups in total.